The van der Waals surface area contributed by atoms with Crippen LogP contribution in [0.5, 0.6) is 0 Å². The van der Waals surface area contributed by atoms with Gasteiger partial charge in [0.25, 0.3) is 5.56 Å². The van der Waals surface area contributed by atoms with Crippen LogP contribution >= 0.6 is 0 Å². The van der Waals surface area contributed by atoms with E-state index in [1.807, 2.05) is 30.3 Å². The van der Waals surface area contributed by atoms with E-state index in [1.54, 1.807) is 0 Å². The van der Waals surface area contributed by atoms with Gasteiger partial charge in [0.2, 0.25) is 0 Å². The first-order valence-corrected chi connectivity index (χ1v) is 5.57. The molecule has 2 heterocycles. The average Bonchev–Trinajstić information content (AvgIpc) is 2.80. The van der Waals surface area contributed by atoms with Crippen molar-refractivity contribution in [2.75, 3.05) is 0 Å². The predicted molar refractivity (Wildman–Crippen MR) is 69.1 cm³/mol. The molecule has 2 aromatic heterocycles. The van der Waals surface area contributed by atoms with E-state index in [0.717, 1.165) is 5.56 Å². The summed E-state index contributed by atoms with van der Waals surface area (Å²) in [5, 5.41) is 14.2. The molecule has 94 valence electrons. The second-order valence-electron chi connectivity index (χ2n) is 4.03. The van der Waals surface area contributed by atoms with E-state index < -0.39 is 11.5 Å². The number of benzene rings is 1. The van der Waals surface area contributed by atoms with Crippen molar-refractivity contribution in [3.8, 4) is 11.3 Å². The number of carboxylic acids is 1. The molecule has 0 bridgehead atoms. The summed E-state index contributed by atoms with van der Waals surface area (Å²) in [5.41, 5.74) is 0.976. The van der Waals surface area contributed by atoms with E-state index in [0.29, 0.717) is 5.69 Å². The third-order valence-corrected chi connectivity index (χ3v) is 2.84. The van der Waals surface area contributed by atoms with Crippen molar-refractivity contribution < 1.29 is 9.90 Å². The van der Waals surface area contributed by atoms with Crippen molar-refractivity contribution in [3.05, 3.63) is 52.3 Å². The number of nitrogens with one attached hydrogen (secondary N) is 2. The zero-order chi connectivity index (χ0) is 13.4. The minimum atomic E-state index is -1.16. The Morgan fingerprint density at radius 3 is 2.58 bits per heavy atom. The quantitative estimate of drug-likeness (QED) is 0.647. The van der Waals surface area contributed by atoms with Gasteiger partial charge in [0.15, 0.2) is 5.65 Å². The molecule has 0 fully saturated rings. The highest BCUT2D eigenvalue weighted by atomic mass is 16.4. The van der Waals surface area contributed by atoms with Crippen molar-refractivity contribution in [2.45, 2.75) is 0 Å². The molecule has 6 heteroatoms. The average molecular weight is 255 g/mol. The zero-order valence-electron chi connectivity index (χ0n) is 9.68. The van der Waals surface area contributed by atoms with Gasteiger partial charge in [-0.05, 0) is 6.07 Å². The molecule has 3 rings (SSSR count). The Balaban J connectivity index is 2.35. The number of rotatable bonds is 2. The van der Waals surface area contributed by atoms with Gasteiger partial charge in [0.05, 0.1) is 16.6 Å². The lowest BCUT2D eigenvalue weighted by molar-refractivity contribution is 0.0699. The fourth-order valence-corrected chi connectivity index (χ4v) is 1.97. The van der Waals surface area contributed by atoms with E-state index >= 15 is 0 Å². The van der Waals surface area contributed by atoms with Gasteiger partial charge >= 0.3 is 5.97 Å². The van der Waals surface area contributed by atoms with E-state index in [2.05, 4.69) is 15.2 Å². The van der Waals surface area contributed by atoms with Gasteiger partial charge in [-0.15, -0.1) is 0 Å². The molecule has 0 amide bonds. The van der Waals surface area contributed by atoms with Crippen molar-refractivity contribution >= 4 is 17.0 Å². The van der Waals surface area contributed by atoms with Crippen LogP contribution in [0.4, 0.5) is 0 Å². The molecular weight excluding hydrogens is 246 g/mol. The highest BCUT2D eigenvalue weighted by Crippen LogP contribution is 2.21. The summed E-state index contributed by atoms with van der Waals surface area (Å²) in [6, 6.07) is 10.6. The van der Waals surface area contributed by atoms with Crippen LogP contribution in [0, 0.1) is 0 Å². The molecule has 0 aliphatic carbocycles. The Labute approximate surface area is 106 Å². The van der Waals surface area contributed by atoms with Crippen LogP contribution in [0.15, 0.2) is 41.2 Å². The SMILES string of the molecule is O=C(O)c1cc(-c2ccccc2)nc2[nH][nH]c(=O)c12. The number of fused-ring (bicyclic) bond motifs is 1. The van der Waals surface area contributed by atoms with Crippen molar-refractivity contribution in [1.29, 1.82) is 0 Å². The summed E-state index contributed by atoms with van der Waals surface area (Å²) in [6.45, 7) is 0. The van der Waals surface area contributed by atoms with Crippen LogP contribution in [0.1, 0.15) is 10.4 Å². The number of aromatic amines is 2. The number of aromatic nitrogens is 3. The number of aromatic carboxylic acids is 1. The Bertz CT molecular complexity index is 818. The van der Waals surface area contributed by atoms with Crippen LogP contribution in [0.2, 0.25) is 0 Å². The second kappa shape index (κ2) is 4.09. The summed E-state index contributed by atoms with van der Waals surface area (Å²) in [4.78, 5) is 27.1. The van der Waals surface area contributed by atoms with Gasteiger partial charge < -0.3 is 5.11 Å². The molecule has 0 saturated carbocycles. The standard InChI is InChI=1S/C13H9N3O3/c17-12-10-8(13(18)19)6-9(14-11(10)15-16-12)7-4-2-1-3-5-7/h1-6H,(H,18,19)(H2,14,15,16,17). The van der Waals surface area contributed by atoms with Gasteiger partial charge in [-0.25, -0.2) is 9.78 Å². The Morgan fingerprint density at radius 2 is 1.89 bits per heavy atom. The fraction of sp³-hybridized carbons (Fsp3) is 0. The number of carboxylic acid groups (broad SMARTS) is 1. The van der Waals surface area contributed by atoms with Crippen LogP contribution in [0.3, 0.4) is 0 Å². The van der Waals surface area contributed by atoms with Gasteiger partial charge in [0.1, 0.15) is 0 Å². The predicted octanol–water partition coefficient (Wildman–Crippen LogP) is 1.62. The monoisotopic (exact) mass is 255 g/mol. The first-order chi connectivity index (χ1) is 9.16. The highest BCUT2D eigenvalue weighted by molar-refractivity contribution is 6.02. The minimum absolute atomic E-state index is 0.0622. The molecule has 0 radical (unpaired) electrons. The summed E-state index contributed by atoms with van der Waals surface area (Å²) >= 11 is 0. The molecule has 0 aliphatic rings. The molecular formula is C13H9N3O3. The Morgan fingerprint density at radius 1 is 1.16 bits per heavy atom. The third kappa shape index (κ3) is 1.79. The second-order valence-corrected chi connectivity index (χ2v) is 4.03. The van der Waals surface area contributed by atoms with E-state index in [-0.39, 0.29) is 16.6 Å². The number of pyridine rings is 1. The van der Waals surface area contributed by atoms with Crippen LogP contribution in [-0.4, -0.2) is 26.3 Å². The summed E-state index contributed by atoms with van der Waals surface area (Å²) in [6.07, 6.45) is 0. The number of hydrogen-bond acceptors (Lipinski definition) is 3. The number of hydrogen-bond donors (Lipinski definition) is 3. The van der Waals surface area contributed by atoms with Crippen LogP contribution < -0.4 is 5.56 Å². The minimum Gasteiger partial charge on any atom is -0.478 e. The number of H-pyrrole nitrogens is 2. The number of nitrogens with zero attached hydrogens (tertiary/aromatic N) is 1. The van der Waals surface area contributed by atoms with Gasteiger partial charge in [-0.3, -0.25) is 15.0 Å². The van der Waals surface area contributed by atoms with Crippen LogP contribution in [0.25, 0.3) is 22.3 Å². The third-order valence-electron chi connectivity index (χ3n) is 2.84. The number of carbonyl (C=O) groups is 1. The molecule has 1 aromatic carbocycles. The first kappa shape index (κ1) is 11.2. The Hall–Kier alpha value is -2.89. The lowest BCUT2D eigenvalue weighted by Gasteiger charge is -2.03. The van der Waals surface area contributed by atoms with E-state index in [4.69, 9.17) is 0 Å². The molecule has 0 saturated heterocycles. The smallest absolute Gasteiger partial charge is 0.336 e. The lowest BCUT2D eigenvalue weighted by atomic mass is 10.1. The normalized spacial score (nSPS) is 10.7. The Kier molecular flexibility index (Phi) is 2.42. The van der Waals surface area contributed by atoms with Crippen molar-refractivity contribution in [3.63, 3.8) is 0 Å². The topological polar surface area (TPSA) is 98.8 Å². The van der Waals surface area contributed by atoms with Gasteiger partial charge in [-0.2, -0.15) is 0 Å². The van der Waals surface area contributed by atoms with Gasteiger partial charge in [-0.1, -0.05) is 30.3 Å². The molecule has 0 aliphatic heterocycles. The molecule has 0 atom stereocenters. The zero-order valence-corrected chi connectivity index (χ0v) is 9.68. The lowest BCUT2D eigenvalue weighted by Crippen LogP contribution is -2.06. The molecule has 0 spiro atoms. The maximum Gasteiger partial charge on any atom is 0.336 e. The van der Waals surface area contributed by atoms with Crippen molar-refractivity contribution in [2.24, 2.45) is 0 Å². The molecule has 6 nitrogen and oxygen atoms in total. The van der Waals surface area contributed by atoms with E-state index in [9.17, 15) is 14.7 Å². The van der Waals surface area contributed by atoms with Gasteiger partial charge in [0, 0.05) is 5.56 Å². The molecule has 19 heavy (non-hydrogen) atoms. The van der Waals surface area contributed by atoms with Crippen LogP contribution in [-0.2, 0) is 0 Å². The summed E-state index contributed by atoms with van der Waals surface area (Å²) in [7, 11) is 0. The maximum atomic E-state index is 11.6. The molecule has 3 N–H and O–H groups in total. The molecule has 0 unspecified atom stereocenters. The fourth-order valence-electron chi connectivity index (χ4n) is 1.97. The van der Waals surface area contributed by atoms with Crippen molar-refractivity contribution in [1.82, 2.24) is 15.2 Å². The largest absolute Gasteiger partial charge is 0.478 e. The summed E-state index contributed by atoms with van der Waals surface area (Å²) in [5.74, 6) is -1.16. The maximum absolute atomic E-state index is 11.6. The summed E-state index contributed by atoms with van der Waals surface area (Å²) < 4.78 is 0. The molecule has 3 aromatic rings. The highest BCUT2D eigenvalue weighted by Gasteiger charge is 2.16. The first-order valence-electron chi connectivity index (χ1n) is 5.57. The van der Waals surface area contributed by atoms with E-state index in [1.165, 1.54) is 6.07 Å².